The van der Waals surface area contributed by atoms with Crippen molar-refractivity contribution >= 4 is 5.91 Å². The predicted octanol–water partition coefficient (Wildman–Crippen LogP) is 5.46. The highest BCUT2D eigenvalue weighted by molar-refractivity contribution is 5.91. The Bertz CT molecular complexity index is 1290. The number of halogens is 1. The second kappa shape index (κ2) is 11.3. The van der Waals surface area contributed by atoms with Crippen LogP contribution in [0.25, 0.3) is 11.1 Å². The quantitative estimate of drug-likeness (QED) is 0.320. The Labute approximate surface area is 216 Å². The zero-order chi connectivity index (χ0) is 25.8. The molecule has 0 saturated heterocycles. The van der Waals surface area contributed by atoms with Crippen molar-refractivity contribution in [2.24, 2.45) is 5.92 Å². The fraction of sp³-hybridized carbons (Fsp3) is 0.323. The van der Waals surface area contributed by atoms with Crippen molar-refractivity contribution in [2.45, 2.75) is 44.9 Å². The molecule has 1 heterocycles. The lowest BCUT2D eigenvalue weighted by Gasteiger charge is -2.37. The van der Waals surface area contributed by atoms with E-state index in [1.54, 1.807) is 12.1 Å². The van der Waals surface area contributed by atoms with Gasteiger partial charge in [-0.2, -0.15) is 0 Å². The maximum Gasteiger partial charge on any atom is 0.286 e. The van der Waals surface area contributed by atoms with Crippen molar-refractivity contribution < 1.29 is 23.8 Å². The molecule has 3 aromatic rings. The SMILES string of the molecule is CCO[C@@H]1OC(C(=O)NCc2ccc(F)cc2)=C[C@H](c2ccc3c(c2)Cc2ccccc2-3)[C@H]1CCCO. The van der Waals surface area contributed by atoms with E-state index in [-0.39, 0.29) is 42.5 Å². The first-order valence-corrected chi connectivity index (χ1v) is 12.9. The van der Waals surface area contributed by atoms with Crippen LogP contribution in [-0.4, -0.2) is 30.5 Å². The Morgan fingerprint density at radius 2 is 1.86 bits per heavy atom. The van der Waals surface area contributed by atoms with E-state index in [1.165, 1.54) is 34.4 Å². The number of fused-ring (bicyclic) bond motifs is 3. The molecule has 0 fully saturated rings. The van der Waals surface area contributed by atoms with Gasteiger partial charge in [-0.1, -0.05) is 54.6 Å². The van der Waals surface area contributed by atoms with Gasteiger partial charge in [-0.25, -0.2) is 4.39 Å². The molecule has 6 heteroatoms. The number of benzene rings is 3. The van der Waals surface area contributed by atoms with Gasteiger partial charge in [0.2, 0.25) is 6.29 Å². The molecule has 0 aromatic heterocycles. The van der Waals surface area contributed by atoms with Gasteiger partial charge in [0.25, 0.3) is 5.91 Å². The van der Waals surface area contributed by atoms with E-state index in [2.05, 4.69) is 47.8 Å². The molecule has 0 unspecified atom stereocenters. The fourth-order valence-electron chi connectivity index (χ4n) is 5.39. The van der Waals surface area contributed by atoms with Crippen LogP contribution >= 0.6 is 0 Å². The summed E-state index contributed by atoms with van der Waals surface area (Å²) in [4.78, 5) is 13.1. The number of rotatable bonds is 9. The molecule has 37 heavy (non-hydrogen) atoms. The van der Waals surface area contributed by atoms with Crippen LogP contribution in [0.15, 0.2) is 78.6 Å². The summed E-state index contributed by atoms with van der Waals surface area (Å²) in [6.45, 7) is 2.68. The molecule has 0 saturated carbocycles. The largest absolute Gasteiger partial charge is 0.459 e. The van der Waals surface area contributed by atoms with Crippen LogP contribution in [0, 0.1) is 11.7 Å². The summed E-state index contributed by atoms with van der Waals surface area (Å²) in [7, 11) is 0. The van der Waals surface area contributed by atoms with Crippen LogP contribution in [0.1, 0.15) is 47.9 Å². The molecule has 0 spiro atoms. The molecule has 0 bridgehead atoms. The monoisotopic (exact) mass is 501 g/mol. The first-order chi connectivity index (χ1) is 18.1. The lowest BCUT2D eigenvalue weighted by atomic mass is 9.80. The summed E-state index contributed by atoms with van der Waals surface area (Å²) in [6, 6.07) is 21.0. The second-order valence-corrected chi connectivity index (χ2v) is 9.59. The van der Waals surface area contributed by atoms with Gasteiger partial charge in [-0.3, -0.25) is 4.79 Å². The Morgan fingerprint density at radius 3 is 2.65 bits per heavy atom. The molecule has 2 N–H and O–H groups in total. The van der Waals surface area contributed by atoms with Gasteiger partial charge in [0.05, 0.1) is 0 Å². The number of hydrogen-bond acceptors (Lipinski definition) is 4. The molecule has 3 atom stereocenters. The molecule has 1 aliphatic carbocycles. The van der Waals surface area contributed by atoms with Gasteiger partial charge < -0.3 is 19.9 Å². The van der Waals surface area contributed by atoms with Crippen LogP contribution in [0.2, 0.25) is 0 Å². The smallest absolute Gasteiger partial charge is 0.286 e. The minimum Gasteiger partial charge on any atom is -0.459 e. The lowest BCUT2D eigenvalue weighted by Crippen LogP contribution is -2.39. The molecular formula is C31H32FNO4. The van der Waals surface area contributed by atoms with E-state index in [0.717, 1.165) is 17.5 Å². The highest BCUT2D eigenvalue weighted by Gasteiger charge is 2.38. The maximum absolute atomic E-state index is 13.2. The Kier molecular flexibility index (Phi) is 7.68. The summed E-state index contributed by atoms with van der Waals surface area (Å²) in [6.07, 6.45) is 3.48. The Hall–Kier alpha value is -3.48. The number of nitrogens with one attached hydrogen (secondary N) is 1. The summed E-state index contributed by atoms with van der Waals surface area (Å²) in [5.41, 5.74) is 7.02. The molecule has 3 aromatic carbocycles. The van der Waals surface area contributed by atoms with Crippen molar-refractivity contribution in [1.29, 1.82) is 0 Å². The van der Waals surface area contributed by atoms with Crippen molar-refractivity contribution in [3.05, 3.63) is 107 Å². The standard InChI is InChI=1S/C31H32FNO4/c1-2-36-31-27(8-5-15-34)28(18-29(37-31)30(35)33-19-20-9-12-24(32)13-10-20)22-11-14-26-23(17-22)16-21-6-3-4-7-25(21)26/h3-4,6-7,9-14,17-18,27-28,31,34H,2,5,8,15-16,19H2,1H3,(H,33,35)/t27-,28-,31-/m1/s1. The van der Waals surface area contributed by atoms with E-state index >= 15 is 0 Å². The normalized spacial score (nSPS) is 20.0. The summed E-state index contributed by atoms with van der Waals surface area (Å²) < 4.78 is 25.3. The van der Waals surface area contributed by atoms with Gasteiger partial charge in [0, 0.05) is 31.6 Å². The molecule has 1 amide bonds. The zero-order valence-corrected chi connectivity index (χ0v) is 21.0. The minimum absolute atomic E-state index is 0.0532. The van der Waals surface area contributed by atoms with Gasteiger partial charge >= 0.3 is 0 Å². The van der Waals surface area contributed by atoms with Crippen molar-refractivity contribution in [3.63, 3.8) is 0 Å². The highest BCUT2D eigenvalue weighted by atomic mass is 19.1. The van der Waals surface area contributed by atoms with Gasteiger partial charge in [-0.05, 0) is 77.8 Å². The maximum atomic E-state index is 13.2. The summed E-state index contributed by atoms with van der Waals surface area (Å²) >= 11 is 0. The molecule has 2 aliphatic rings. The third-order valence-electron chi connectivity index (χ3n) is 7.20. The molecule has 192 valence electrons. The van der Waals surface area contributed by atoms with Crippen molar-refractivity contribution in [2.75, 3.05) is 13.2 Å². The average Bonchev–Trinajstić information content (AvgIpc) is 3.29. The van der Waals surface area contributed by atoms with E-state index in [0.29, 0.717) is 19.4 Å². The van der Waals surface area contributed by atoms with E-state index in [9.17, 15) is 14.3 Å². The van der Waals surface area contributed by atoms with Crippen LogP contribution in [0.5, 0.6) is 0 Å². The third-order valence-corrected chi connectivity index (χ3v) is 7.20. The number of carbonyl (C=O) groups excluding carboxylic acids is 1. The molecule has 5 rings (SSSR count). The second-order valence-electron chi connectivity index (χ2n) is 9.59. The van der Waals surface area contributed by atoms with Gasteiger partial charge in [0.1, 0.15) is 5.82 Å². The number of hydrogen-bond donors (Lipinski definition) is 2. The number of allylic oxidation sites excluding steroid dienone is 1. The Morgan fingerprint density at radius 1 is 1.08 bits per heavy atom. The highest BCUT2D eigenvalue weighted by Crippen LogP contribution is 2.43. The topological polar surface area (TPSA) is 67.8 Å². The van der Waals surface area contributed by atoms with Crippen LogP contribution < -0.4 is 5.32 Å². The number of ether oxygens (including phenoxy) is 2. The minimum atomic E-state index is -0.608. The first-order valence-electron chi connectivity index (χ1n) is 12.9. The van der Waals surface area contributed by atoms with Gasteiger partial charge in [-0.15, -0.1) is 0 Å². The van der Waals surface area contributed by atoms with Gasteiger partial charge in [0.15, 0.2) is 5.76 Å². The zero-order valence-electron chi connectivity index (χ0n) is 21.0. The molecule has 1 aliphatic heterocycles. The molecular weight excluding hydrogens is 469 g/mol. The van der Waals surface area contributed by atoms with E-state index in [4.69, 9.17) is 9.47 Å². The molecule has 0 radical (unpaired) electrons. The van der Waals surface area contributed by atoms with Crippen LogP contribution in [0.4, 0.5) is 4.39 Å². The van der Waals surface area contributed by atoms with Crippen molar-refractivity contribution in [3.8, 4) is 11.1 Å². The summed E-state index contributed by atoms with van der Waals surface area (Å²) in [5, 5.41) is 12.4. The summed E-state index contributed by atoms with van der Waals surface area (Å²) in [5.74, 6) is -0.607. The van der Waals surface area contributed by atoms with E-state index < -0.39 is 6.29 Å². The first kappa shape index (κ1) is 25.2. The number of amides is 1. The average molecular weight is 502 g/mol. The van der Waals surface area contributed by atoms with Crippen LogP contribution in [-0.2, 0) is 27.2 Å². The third kappa shape index (κ3) is 5.45. The number of aliphatic hydroxyl groups excluding tert-OH is 1. The lowest BCUT2D eigenvalue weighted by molar-refractivity contribution is -0.166. The fourth-order valence-corrected chi connectivity index (χ4v) is 5.39. The van der Waals surface area contributed by atoms with Crippen LogP contribution in [0.3, 0.4) is 0 Å². The number of aliphatic hydroxyl groups is 1. The number of carbonyl (C=O) groups is 1. The Balaban J connectivity index is 1.44. The molecule has 5 nitrogen and oxygen atoms in total. The predicted molar refractivity (Wildman–Crippen MR) is 140 cm³/mol. The van der Waals surface area contributed by atoms with Crippen molar-refractivity contribution in [1.82, 2.24) is 5.32 Å². The van der Waals surface area contributed by atoms with E-state index in [1.807, 2.05) is 13.0 Å².